The van der Waals surface area contributed by atoms with Crippen LogP contribution in [-0.2, 0) is 17.8 Å². The zero-order valence-electron chi connectivity index (χ0n) is 27.2. The van der Waals surface area contributed by atoms with E-state index in [1.807, 2.05) is 70.5 Å². The van der Waals surface area contributed by atoms with Crippen LogP contribution in [0.15, 0.2) is 78.9 Å². The number of carbonyl (C=O) groups excluding carboxylic acids is 2. The number of para-hydroxylation sites is 2. The molecule has 2 amide bonds. The average molecular weight is 611 g/mol. The normalized spacial score (nSPS) is 16.8. The van der Waals surface area contributed by atoms with Crippen LogP contribution in [0.4, 0.5) is 5.69 Å². The highest BCUT2D eigenvalue weighted by Crippen LogP contribution is 2.27. The van der Waals surface area contributed by atoms with Crippen LogP contribution in [0.2, 0.25) is 0 Å². The molecule has 0 saturated carbocycles. The fraction of sp³-hybridized carbons (Fsp3) is 0.474. The fourth-order valence-electron chi connectivity index (χ4n) is 6.50. The minimum absolute atomic E-state index is 0.0372. The molecule has 1 saturated heterocycles. The SMILES string of the molecule is CC(C)N1CCCN(C(=O)CCc2ccccc2)c2ccccc2CN(C(=O)c2ccccc2OCCCN2CCCC2)CC1. The largest absolute Gasteiger partial charge is 0.493 e. The van der Waals surface area contributed by atoms with E-state index in [1.165, 1.54) is 25.9 Å². The van der Waals surface area contributed by atoms with E-state index < -0.39 is 0 Å². The Morgan fingerprint density at radius 3 is 2.31 bits per heavy atom. The first-order valence-electron chi connectivity index (χ1n) is 16.9. The van der Waals surface area contributed by atoms with E-state index in [0.29, 0.717) is 56.4 Å². The van der Waals surface area contributed by atoms with Gasteiger partial charge in [0.05, 0.1) is 12.2 Å². The van der Waals surface area contributed by atoms with E-state index in [0.717, 1.165) is 49.3 Å². The molecule has 0 atom stereocenters. The molecule has 7 nitrogen and oxygen atoms in total. The molecular formula is C38H50N4O3. The minimum atomic E-state index is -0.0372. The Morgan fingerprint density at radius 1 is 0.778 bits per heavy atom. The molecule has 45 heavy (non-hydrogen) atoms. The molecule has 7 heteroatoms. The molecule has 240 valence electrons. The Bertz CT molecular complexity index is 1370. The van der Waals surface area contributed by atoms with Gasteiger partial charge < -0.3 is 19.4 Å². The number of carbonyl (C=O) groups is 2. The van der Waals surface area contributed by atoms with Crippen LogP contribution in [0, 0.1) is 0 Å². The number of amides is 2. The number of benzene rings is 3. The Morgan fingerprint density at radius 2 is 1.51 bits per heavy atom. The van der Waals surface area contributed by atoms with E-state index >= 15 is 0 Å². The summed E-state index contributed by atoms with van der Waals surface area (Å²) in [5.41, 5.74) is 3.65. The number of anilines is 1. The van der Waals surface area contributed by atoms with E-state index in [9.17, 15) is 9.59 Å². The van der Waals surface area contributed by atoms with Crippen molar-refractivity contribution in [2.24, 2.45) is 0 Å². The third-order valence-corrected chi connectivity index (χ3v) is 9.11. The first kappa shape index (κ1) is 32.7. The second kappa shape index (κ2) is 16.6. The molecule has 5 rings (SSSR count). The summed E-state index contributed by atoms with van der Waals surface area (Å²) in [5.74, 6) is 0.724. The van der Waals surface area contributed by atoms with Gasteiger partial charge in [-0.2, -0.15) is 0 Å². The van der Waals surface area contributed by atoms with Crippen molar-refractivity contribution in [3.63, 3.8) is 0 Å². The number of fused-ring (bicyclic) bond motifs is 1. The average Bonchev–Trinajstić information content (AvgIpc) is 3.58. The van der Waals surface area contributed by atoms with Crippen molar-refractivity contribution in [2.75, 3.05) is 57.3 Å². The molecule has 0 spiro atoms. The van der Waals surface area contributed by atoms with E-state index in [2.05, 4.69) is 41.8 Å². The van der Waals surface area contributed by atoms with Gasteiger partial charge in [-0.3, -0.25) is 14.5 Å². The number of aryl methyl sites for hydroxylation is 1. The van der Waals surface area contributed by atoms with Crippen molar-refractivity contribution in [2.45, 2.75) is 65.0 Å². The molecule has 3 aromatic rings. The molecule has 2 heterocycles. The van der Waals surface area contributed by atoms with Gasteiger partial charge in [0.15, 0.2) is 0 Å². The smallest absolute Gasteiger partial charge is 0.257 e. The minimum Gasteiger partial charge on any atom is -0.493 e. The zero-order valence-corrected chi connectivity index (χ0v) is 27.2. The maximum atomic E-state index is 14.3. The summed E-state index contributed by atoms with van der Waals surface area (Å²) >= 11 is 0. The van der Waals surface area contributed by atoms with Gasteiger partial charge in [0.25, 0.3) is 5.91 Å². The number of ether oxygens (including phenoxy) is 1. The van der Waals surface area contributed by atoms with Crippen molar-refractivity contribution in [3.05, 3.63) is 95.6 Å². The summed E-state index contributed by atoms with van der Waals surface area (Å²) in [6.45, 7) is 11.7. The van der Waals surface area contributed by atoms with Gasteiger partial charge >= 0.3 is 0 Å². The quantitative estimate of drug-likeness (QED) is 0.253. The summed E-state index contributed by atoms with van der Waals surface area (Å²) in [4.78, 5) is 36.9. The molecule has 1 fully saturated rings. The Balaban J connectivity index is 1.36. The van der Waals surface area contributed by atoms with Crippen LogP contribution in [0.25, 0.3) is 0 Å². The van der Waals surface area contributed by atoms with E-state index in [-0.39, 0.29) is 11.8 Å². The summed E-state index contributed by atoms with van der Waals surface area (Å²) in [6, 6.07) is 26.3. The van der Waals surface area contributed by atoms with Crippen molar-refractivity contribution in [1.82, 2.24) is 14.7 Å². The molecular weight excluding hydrogens is 560 g/mol. The molecule has 0 aliphatic carbocycles. The van der Waals surface area contributed by atoms with Gasteiger partial charge in [-0.15, -0.1) is 0 Å². The third kappa shape index (κ3) is 9.18. The van der Waals surface area contributed by atoms with Crippen molar-refractivity contribution in [3.8, 4) is 5.75 Å². The van der Waals surface area contributed by atoms with Crippen LogP contribution in [0.5, 0.6) is 5.75 Å². The molecule has 0 aromatic heterocycles. The molecule has 2 aliphatic rings. The number of hydrogen-bond acceptors (Lipinski definition) is 5. The predicted octanol–water partition coefficient (Wildman–Crippen LogP) is 6.27. The predicted molar refractivity (Wildman–Crippen MR) is 182 cm³/mol. The van der Waals surface area contributed by atoms with Crippen LogP contribution in [0.1, 0.15) is 67.4 Å². The molecule has 0 bridgehead atoms. The summed E-state index contributed by atoms with van der Waals surface area (Å²) in [6.07, 6.45) is 5.52. The van der Waals surface area contributed by atoms with E-state index in [4.69, 9.17) is 4.74 Å². The number of hydrogen-bond donors (Lipinski definition) is 0. The van der Waals surface area contributed by atoms with Crippen molar-refractivity contribution in [1.29, 1.82) is 0 Å². The van der Waals surface area contributed by atoms with Crippen LogP contribution in [-0.4, -0.2) is 85.0 Å². The van der Waals surface area contributed by atoms with Gasteiger partial charge in [-0.1, -0.05) is 60.7 Å². The summed E-state index contributed by atoms with van der Waals surface area (Å²) in [7, 11) is 0. The monoisotopic (exact) mass is 610 g/mol. The molecule has 2 aliphatic heterocycles. The van der Waals surface area contributed by atoms with Gasteiger partial charge in [0, 0.05) is 57.4 Å². The van der Waals surface area contributed by atoms with E-state index in [1.54, 1.807) is 0 Å². The number of nitrogens with zero attached hydrogens (tertiary/aromatic N) is 4. The first-order valence-corrected chi connectivity index (χ1v) is 16.9. The molecule has 3 aromatic carbocycles. The van der Waals surface area contributed by atoms with Gasteiger partial charge in [0.1, 0.15) is 5.75 Å². The fourth-order valence-corrected chi connectivity index (χ4v) is 6.50. The van der Waals surface area contributed by atoms with Crippen LogP contribution in [0.3, 0.4) is 0 Å². The second-order valence-corrected chi connectivity index (χ2v) is 12.6. The lowest BCUT2D eigenvalue weighted by Gasteiger charge is -2.30. The van der Waals surface area contributed by atoms with Crippen LogP contribution >= 0.6 is 0 Å². The van der Waals surface area contributed by atoms with Gasteiger partial charge in [-0.25, -0.2) is 0 Å². The molecule has 0 radical (unpaired) electrons. The van der Waals surface area contributed by atoms with Gasteiger partial charge in [-0.05, 0) is 88.4 Å². The Labute approximate surface area is 269 Å². The lowest BCUT2D eigenvalue weighted by atomic mass is 10.1. The topological polar surface area (TPSA) is 56.3 Å². The highest BCUT2D eigenvalue weighted by atomic mass is 16.5. The molecule has 0 unspecified atom stereocenters. The highest BCUT2D eigenvalue weighted by molar-refractivity contribution is 5.97. The van der Waals surface area contributed by atoms with Crippen LogP contribution < -0.4 is 9.64 Å². The highest BCUT2D eigenvalue weighted by Gasteiger charge is 2.26. The van der Waals surface area contributed by atoms with Gasteiger partial charge in [0.2, 0.25) is 5.91 Å². The standard InChI is InChI=1S/C38H50N4O3/c1-31(2)40-25-12-26-42(37(43)21-20-32-14-4-3-5-15-32)35-18-8-6-16-33(35)30-41(28-27-40)38(44)34-17-7-9-19-36(34)45-29-13-24-39-22-10-11-23-39/h3-9,14-19,31H,10-13,20-30H2,1-2H3. The maximum Gasteiger partial charge on any atom is 0.257 e. The summed E-state index contributed by atoms with van der Waals surface area (Å²) in [5, 5.41) is 0. The number of rotatable bonds is 10. The number of likely N-dealkylation sites (tertiary alicyclic amines) is 1. The second-order valence-electron chi connectivity index (χ2n) is 12.6. The van der Waals surface area contributed by atoms with Crippen molar-refractivity contribution >= 4 is 17.5 Å². The van der Waals surface area contributed by atoms with Crippen molar-refractivity contribution < 1.29 is 14.3 Å². The lowest BCUT2D eigenvalue weighted by molar-refractivity contribution is -0.118. The Hall–Kier alpha value is -3.68. The first-order chi connectivity index (χ1) is 22.0. The maximum absolute atomic E-state index is 14.3. The third-order valence-electron chi connectivity index (χ3n) is 9.11. The lowest BCUT2D eigenvalue weighted by Crippen LogP contribution is -2.41. The zero-order chi connectivity index (χ0) is 31.4. The molecule has 0 N–H and O–H groups in total. The summed E-state index contributed by atoms with van der Waals surface area (Å²) < 4.78 is 6.23. The Kier molecular flexibility index (Phi) is 12.0.